The van der Waals surface area contributed by atoms with E-state index >= 15 is 0 Å². The highest BCUT2D eigenvalue weighted by Gasteiger charge is 2.24. The Hall–Kier alpha value is -3.00. The van der Waals surface area contributed by atoms with Crippen LogP contribution in [-0.4, -0.2) is 43.6 Å². The van der Waals surface area contributed by atoms with Gasteiger partial charge in [0.1, 0.15) is 12.1 Å². The number of carbonyl (C=O) groups is 1. The fourth-order valence-electron chi connectivity index (χ4n) is 3.26. The summed E-state index contributed by atoms with van der Waals surface area (Å²) in [6.45, 7) is 0.714. The van der Waals surface area contributed by atoms with Crippen molar-refractivity contribution in [3.05, 3.63) is 54.4 Å². The molecule has 8 heteroatoms. The van der Waals surface area contributed by atoms with Gasteiger partial charge in [0.25, 0.3) is 0 Å². The van der Waals surface area contributed by atoms with Gasteiger partial charge in [-0.25, -0.2) is 18.4 Å². The molecule has 2 heterocycles. The van der Waals surface area contributed by atoms with E-state index in [1.54, 1.807) is 11.0 Å². The summed E-state index contributed by atoms with van der Waals surface area (Å²) >= 11 is 0. The molecule has 1 amide bonds. The Bertz CT molecular complexity index is 1140. The van der Waals surface area contributed by atoms with E-state index in [1.807, 2.05) is 24.3 Å². The Morgan fingerprint density at radius 1 is 1.19 bits per heavy atom. The van der Waals surface area contributed by atoms with Crippen molar-refractivity contribution >= 4 is 38.2 Å². The molecule has 138 valence electrons. The Balaban J connectivity index is 1.58. The summed E-state index contributed by atoms with van der Waals surface area (Å²) in [5.41, 5.74) is 2.71. The molecule has 4 rings (SSSR count). The Kier molecular flexibility index (Phi) is 4.27. The van der Waals surface area contributed by atoms with Crippen LogP contribution in [0.5, 0.6) is 0 Å². The average Bonchev–Trinajstić information content (AvgIpc) is 3.09. The summed E-state index contributed by atoms with van der Waals surface area (Å²) in [7, 11) is -3.35. The zero-order valence-electron chi connectivity index (χ0n) is 14.7. The van der Waals surface area contributed by atoms with Crippen molar-refractivity contribution in [2.45, 2.75) is 11.3 Å². The summed E-state index contributed by atoms with van der Waals surface area (Å²) in [6, 6.07) is 12.5. The Morgan fingerprint density at radius 2 is 2.00 bits per heavy atom. The number of benzene rings is 2. The van der Waals surface area contributed by atoms with Crippen LogP contribution in [-0.2, 0) is 21.1 Å². The molecule has 0 unspecified atom stereocenters. The second-order valence-corrected chi connectivity index (χ2v) is 8.47. The third-order valence-corrected chi connectivity index (χ3v) is 5.74. The molecule has 3 aromatic rings. The molecule has 1 N–H and O–H groups in total. The van der Waals surface area contributed by atoms with Crippen LogP contribution < -0.4 is 10.2 Å². The van der Waals surface area contributed by atoms with E-state index in [-0.39, 0.29) is 17.3 Å². The largest absolute Gasteiger partial charge is 0.360 e. The number of nitrogens with one attached hydrogen (secondary N) is 1. The Labute approximate surface area is 157 Å². The van der Waals surface area contributed by atoms with Crippen LogP contribution in [0, 0.1) is 0 Å². The number of amides is 1. The molecule has 27 heavy (non-hydrogen) atoms. The van der Waals surface area contributed by atoms with Crippen molar-refractivity contribution in [3.8, 4) is 0 Å². The molecule has 1 aliphatic rings. The van der Waals surface area contributed by atoms with Gasteiger partial charge in [0, 0.05) is 23.9 Å². The molecular formula is C19H18N4O3S. The van der Waals surface area contributed by atoms with Gasteiger partial charge >= 0.3 is 0 Å². The zero-order valence-corrected chi connectivity index (χ0v) is 15.5. The first-order valence-electron chi connectivity index (χ1n) is 8.50. The first-order valence-corrected chi connectivity index (χ1v) is 10.4. The van der Waals surface area contributed by atoms with Gasteiger partial charge in [0.2, 0.25) is 5.91 Å². The average molecular weight is 382 g/mol. The van der Waals surface area contributed by atoms with Crippen LogP contribution >= 0.6 is 0 Å². The fraction of sp³-hybridized carbons (Fsp3) is 0.211. The van der Waals surface area contributed by atoms with E-state index in [0.717, 1.165) is 23.9 Å². The minimum Gasteiger partial charge on any atom is -0.360 e. The van der Waals surface area contributed by atoms with Gasteiger partial charge in [-0.15, -0.1) is 0 Å². The maximum absolute atomic E-state index is 12.7. The van der Waals surface area contributed by atoms with Crippen LogP contribution in [0.2, 0.25) is 0 Å². The maximum Gasteiger partial charge on any atom is 0.246 e. The predicted molar refractivity (Wildman–Crippen MR) is 104 cm³/mol. The lowest BCUT2D eigenvalue weighted by molar-refractivity contribution is -0.116. The monoisotopic (exact) mass is 382 g/mol. The number of nitrogens with zero attached hydrogens (tertiary/aromatic N) is 3. The van der Waals surface area contributed by atoms with Gasteiger partial charge in [-0.1, -0.05) is 18.2 Å². The standard InChI is InChI=1S/C19H18N4O3S/c1-27(25,26)14-6-7-16-15(10-14)19(22-12-21-16)20-11-18(24)23-9-8-13-4-2-3-5-17(13)23/h2-7,10,12H,8-9,11H2,1H3,(H,20,21,22). The van der Waals surface area contributed by atoms with Crippen LogP contribution in [0.4, 0.5) is 11.5 Å². The summed E-state index contributed by atoms with van der Waals surface area (Å²) in [4.78, 5) is 23.0. The van der Waals surface area contributed by atoms with Crippen molar-refractivity contribution < 1.29 is 13.2 Å². The minimum absolute atomic E-state index is 0.0591. The molecule has 1 aromatic heterocycles. The fourth-order valence-corrected chi connectivity index (χ4v) is 3.91. The molecule has 1 aliphatic heterocycles. The lowest BCUT2D eigenvalue weighted by Crippen LogP contribution is -2.34. The normalized spacial score (nSPS) is 13.6. The molecule has 0 saturated heterocycles. The van der Waals surface area contributed by atoms with Crippen LogP contribution in [0.3, 0.4) is 0 Å². The molecule has 0 aliphatic carbocycles. The molecule has 0 atom stereocenters. The summed E-state index contributed by atoms with van der Waals surface area (Å²) in [5.74, 6) is 0.373. The number of fused-ring (bicyclic) bond motifs is 2. The molecule has 0 radical (unpaired) electrons. The third-order valence-electron chi connectivity index (χ3n) is 4.63. The second kappa shape index (κ2) is 6.62. The van der Waals surface area contributed by atoms with Crippen molar-refractivity contribution in [1.29, 1.82) is 0 Å². The van der Waals surface area contributed by atoms with Crippen molar-refractivity contribution in [3.63, 3.8) is 0 Å². The lowest BCUT2D eigenvalue weighted by Gasteiger charge is -2.18. The van der Waals surface area contributed by atoms with Gasteiger partial charge < -0.3 is 10.2 Å². The van der Waals surface area contributed by atoms with Crippen molar-refractivity contribution in [2.24, 2.45) is 0 Å². The van der Waals surface area contributed by atoms with Gasteiger partial charge in [0.15, 0.2) is 9.84 Å². The first kappa shape index (κ1) is 17.4. The summed E-state index contributed by atoms with van der Waals surface area (Å²) < 4.78 is 23.6. The van der Waals surface area contributed by atoms with Crippen LogP contribution in [0.15, 0.2) is 53.7 Å². The molecule has 0 bridgehead atoms. The number of aromatic nitrogens is 2. The van der Waals surface area contributed by atoms with Crippen LogP contribution in [0.25, 0.3) is 10.9 Å². The number of hydrogen-bond donors (Lipinski definition) is 1. The van der Waals surface area contributed by atoms with Crippen molar-refractivity contribution in [2.75, 3.05) is 29.6 Å². The number of hydrogen-bond acceptors (Lipinski definition) is 6. The highest BCUT2D eigenvalue weighted by molar-refractivity contribution is 7.90. The van der Waals surface area contributed by atoms with E-state index < -0.39 is 9.84 Å². The molecule has 0 fully saturated rings. The van der Waals surface area contributed by atoms with Gasteiger partial charge in [-0.2, -0.15) is 0 Å². The van der Waals surface area contributed by atoms with Gasteiger partial charge in [-0.05, 0) is 36.2 Å². The molecule has 0 spiro atoms. The molecule has 2 aromatic carbocycles. The zero-order chi connectivity index (χ0) is 19.0. The number of sulfone groups is 1. The number of rotatable bonds is 4. The number of carbonyl (C=O) groups excluding carboxylic acids is 1. The van der Waals surface area contributed by atoms with Gasteiger partial charge in [0.05, 0.1) is 17.0 Å². The lowest BCUT2D eigenvalue weighted by atomic mass is 10.2. The van der Waals surface area contributed by atoms with Crippen LogP contribution in [0.1, 0.15) is 5.56 Å². The maximum atomic E-state index is 12.7. The van der Waals surface area contributed by atoms with E-state index in [0.29, 0.717) is 23.3 Å². The van der Waals surface area contributed by atoms with E-state index in [4.69, 9.17) is 0 Å². The highest BCUT2D eigenvalue weighted by Crippen LogP contribution is 2.28. The van der Waals surface area contributed by atoms with E-state index in [2.05, 4.69) is 15.3 Å². The van der Waals surface area contributed by atoms with E-state index in [9.17, 15) is 13.2 Å². The molecule has 7 nitrogen and oxygen atoms in total. The number of anilines is 2. The first-order chi connectivity index (χ1) is 12.9. The minimum atomic E-state index is -3.35. The summed E-state index contributed by atoms with van der Waals surface area (Å²) in [5, 5.41) is 3.60. The topological polar surface area (TPSA) is 92.3 Å². The second-order valence-electron chi connectivity index (χ2n) is 6.45. The van der Waals surface area contributed by atoms with E-state index in [1.165, 1.54) is 18.5 Å². The molecule has 0 saturated carbocycles. The Morgan fingerprint density at radius 3 is 2.81 bits per heavy atom. The molecular weight excluding hydrogens is 364 g/mol. The van der Waals surface area contributed by atoms with Crippen molar-refractivity contribution in [1.82, 2.24) is 9.97 Å². The predicted octanol–water partition coefficient (Wildman–Crippen LogP) is 2.03. The third kappa shape index (κ3) is 3.35. The van der Waals surface area contributed by atoms with Gasteiger partial charge in [-0.3, -0.25) is 4.79 Å². The quantitative estimate of drug-likeness (QED) is 0.742. The summed E-state index contributed by atoms with van der Waals surface area (Å²) in [6.07, 6.45) is 3.38. The smallest absolute Gasteiger partial charge is 0.246 e. The highest BCUT2D eigenvalue weighted by atomic mass is 32.2. The SMILES string of the molecule is CS(=O)(=O)c1ccc2ncnc(NCC(=O)N3CCc4ccccc43)c2c1. The number of para-hydroxylation sites is 1.